The van der Waals surface area contributed by atoms with Gasteiger partial charge >= 0.3 is 0 Å². The van der Waals surface area contributed by atoms with Crippen LogP contribution >= 0.6 is 0 Å². The Labute approximate surface area is 175 Å². The van der Waals surface area contributed by atoms with Crippen molar-refractivity contribution in [3.63, 3.8) is 0 Å². The Balaban J connectivity index is 1.41. The van der Waals surface area contributed by atoms with Crippen LogP contribution in [-0.4, -0.2) is 34.3 Å². The maximum absolute atomic E-state index is 13.3. The number of rotatable bonds is 4. The minimum Gasteiger partial charge on any atom is -0.308 e. The summed E-state index contributed by atoms with van der Waals surface area (Å²) in [5.41, 5.74) is 5.82. The Morgan fingerprint density at radius 2 is 1.87 bits per heavy atom. The van der Waals surface area contributed by atoms with Gasteiger partial charge in [0.2, 0.25) is 0 Å². The molecular weight excluding hydrogens is 375 g/mol. The van der Waals surface area contributed by atoms with Crippen molar-refractivity contribution < 1.29 is 4.39 Å². The van der Waals surface area contributed by atoms with E-state index >= 15 is 0 Å². The number of aryl methyl sites for hydroxylation is 1. The first-order chi connectivity index (χ1) is 14.7. The first kappa shape index (κ1) is 19.0. The van der Waals surface area contributed by atoms with Gasteiger partial charge in [-0.25, -0.2) is 9.07 Å². The van der Waals surface area contributed by atoms with Crippen molar-refractivity contribution in [3.8, 4) is 5.69 Å². The number of nitrogens with zero attached hydrogens (tertiary/aromatic N) is 3. The van der Waals surface area contributed by atoms with Crippen LogP contribution in [0, 0.1) is 12.7 Å². The molecule has 1 atom stereocenters. The van der Waals surface area contributed by atoms with E-state index in [1.807, 2.05) is 10.9 Å². The molecule has 4 nitrogen and oxygen atoms in total. The Morgan fingerprint density at radius 3 is 2.67 bits per heavy atom. The number of nitrogens with one attached hydrogen (secondary N) is 1. The molecule has 1 N–H and O–H groups in total. The van der Waals surface area contributed by atoms with Crippen molar-refractivity contribution in [2.24, 2.45) is 0 Å². The molecule has 30 heavy (non-hydrogen) atoms. The third-order valence-electron chi connectivity index (χ3n) is 5.91. The SMILES string of the molecule is Cc1cc2c(cnn2-c2ccc(F)cc2)cc1C1CN(Cc2ccccc2)CCN1. The summed E-state index contributed by atoms with van der Waals surface area (Å²) >= 11 is 0. The first-order valence-corrected chi connectivity index (χ1v) is 10.4. The summed E-state index contributed by atoms with van der Waals surface area (Å²) in [4.78, 5) is 2.52. The van der Waals surface area contributed by atoms with E-state index in [2.05, 4.69) is 64.7 Å². The summed E-state index contributed by atoms with van der Waals surface area (Å²) in [5, 5.41) is 9.35. The quantitative estimate of drug-likeness (QED) is 0.543. The molecule has 1 fully saturated rings. The van der Waals surface area contributed by atoms with Gasteiger partial charge in [0.25, 0.3) is 0 Å². The lowest BCUT2D eigenvalue weighted by molar-refractivity contribution is 0.193. The molecule has 1 aliphatic heterocycles. The second-order valence-electron chi connectivity index (χ2n) is 8.03. The average Bonchev–Trinajstić information content (AvgIpc) is 3.17. The van der Waals surface area contributed by atoms with Crippen LogP contribution in [0.25, 0.3) is 16.6 Å². The maximum Gasteiger partial charge on any atom is 0.123 e. The summed E-state index contributed by atoms with van der Waals surface area (Å²) in [6, 6.07) is 21.9. The molecule has 5 heteroatoms. The highest BCUT2D eigenvalue weighted by molar-refractivity contribution is 5.82. The maximum atomic E-state index is 13.3. The van der Waals surface area contributed by atoms with Gasteiger partial charge in [-0.3, -0.25) is 4.90 Å². The molecular formula is C25H25FN4. The van der Waals surface area contributed by atoms with Gasteiger partial charge in [-0.1, -0.05) is 30.3 Å². The molecule has 4 aromatic rings. The van der Waals surface area contributed by atoms with Gasteiger partial charge in [-0.2, -0.15) is 5.10 Å². The monoisotopic (exact) mass is 400 g/mol. The van der Waals surface area contributed by atoms with Gasteiger partial charge in [-0.15, -0.1) is 0 Å². The number of aromatic nitrogens is 2. The summed E-state index contributed by atoms with van der Waals surface area (Å²) in [7, 11) is 0. The van der Waals surface area contributed by atoms with Crippen LogP contribution in [0.4, 0.5) is 4.39 Å². The van der Waals surface area contributed by atoms with E-state index in [0.717, 1.165) is 42.8 Å². The molecule has 0 spiro atoms. The Kier molecular flexibility index (Phi) is 5.07. The fraction of sp³-hybridized carbons (Fsp3) is 0.240. The van der Waals surface area contributed by atoms with Crippen molar-refractivity contribution in [1.29, 1.82) is 0 Å². The van der Waals surface area contributed by atoms with E-state index in [-0.39, 0.29) is 5.82 Å². The van der Waals surface area contributed by atoms with Gasteiger partial charge < -0.3 is 5.32 Å². The standard InChI is InChI=1S/C25H25FN4/c1-18-13-25-20(15-28-30(25)22-9-7-21(26)8-10-22)14-23(18)24-17-29(12-11-27-24)16-19-5-3-2-4-6-19/h2-10,13-15,24,27H,11-12,16-17H2,1H3. The molecule has 1 aromatic heterocycles. The van der Waals surface area contributed by atoms with Crippen LogP contribution in [0.2, 0.25) is 0 Å². The molecule has 152 valence electrons. The number of hydrogen-bond acceptors (Lipinski definition) is 3. The summed E-state index contributed by atoms with van der Waals surface area (Å²) in [5.74, 6) is -0.239. The molecule has 1 unspecified atom stereocenters. The van der Waals surface area contributed by atoms with Crippen LogP contribution in [0.5, 0.6) is 0 Å². The molecule has 0 aliphatic carbocycles. The molecule has 0 saturated carbocycles. The van der Waals surface area contributed by atoms with E-state index in [9.17, 15) is 4.39 Å². The number of hydrogen-bond donors (Lipinski definition) is 1. The van der Waals surface area contributed by atoms with Crippen LogP contribution in [0.1, 0.15) is 22.7 Å². The summed E-state index contributed by atoms with van der Waals surface area (Å²) in [6.07, 6.45) is 1.90. The van der Waals surface area contributed by atoms with Crippen LogP contribution in [-0.2, 0) is 6.54 Å². The number of benzene rings is 3. The summed E-state index contributed by atoms with van der Waals surface area (Å²) in [6.45, 7) is 6.14. The minimum absolute atomic E-state index is 0.239. The third kappa shape index (κ3) is 3.74. The first-order valence-electron chi connectivity index (χ1n) is 10.4. The van der Waals surface area contributed by atoms with E-state index < -0.39 is 0 Å². The molecule has 0 bridgehead atoms. The normalized spacial score (nSPS) is 17.5. The molecule has 0 amide bonds. The molecule has 5 rings (SSSR count). The molecule has 2 heterocycles. The fourth-order valence-electron chi connectivity index (χ4n) is 4.36. The van der Waals surface area contributed by atoms with Crippen molar-refractivity contribution in [2.75, 3.05) is 19.6 Å². The fourth-order valence-corrected chi connectivity index (χ4v) is 4.36. The highest BCUT2D eigenvalue weighted by Gasteiger charge is 2.23. The second kappa shape index (κ2) is 8.01. The minimum atomic E-state index is -0.239. The molecule has 0 radical (unpaired) electrons. The van der Waals surface area contributed by atoms with Crippen LogP contribution < -0.4 is 5.32 Å². The number of piperazine rings is 1. The second-order valence-corrected chi connectivity index (χ2v) is 8.03. The predicted molar refractivity (Wildman–Crippen MR) is 118 cm³/mol. The molecule has 3 aromatic carbocycles. The zero-order valence-electron chi connectivity index (χ0n) is 17.1. The highest BCUT2D eigenvalue weighted by Crippen LogP contribution is 2.28. The van der Waals surface area contributed by atoms with E-state index in [1.165, 1.54) is 28.8 Å². The Morgan fingerprint density at radius 1 is 1.07 bits per heavy atom. The molecule has 1 aliphatic rings. The van der Waals surface area contributed by atoms with Crippen LogP contribution in [0.15, 0.2) is 72.9 Å². The van der Waals surface area contributed by atoms with Crippen LogP contribution in [0.3, 0.4) is 0 Å². The van der Waals surface area contributed by atoms with Crippen molar-refractivity contribution in [3.05, 3.63) is 95.4 Å². The van der Waals surface area contributed by atoms with E-state index in [4.69, 9.17) is 0 Å². The lowest BCUT2D eigenvalue weighted by atomic mass is 9.97. The lowest BCUT2D eigenvalue weighted by Crippen LogP contribution is -2.45. The topological polar surface area (TPSA) is 33.1 Å². The third-order valence-corrected chi connectivity index (χ3v) is 5.91. The van der Waals surface area contributed by atoms with Crippen molar-refractivity contribution in [2.45, 2.75) is 19.5 Å². The van der Waals surface area contributed by atoms with Gasteiger partial charge in [0, 0.05) is 37.6 Å². The summed E-state index contributed by atoms with van der Waals surface area (Å²) < 4.78 is 15.2. The highest BCUT2D eigenvalue weighted by atomic mass is 19.1. The van der Waals surface area contributed by atoms with E-state index in [0.29, 0.717) is 6.04 Å². The largest absolute Gasteiger partial charge is 0.308 e. The number of halogens is 1. The van der Waals surface area contributed by atoms with Gasteiger partial charge in [-0.05, 0) is 60.0 Å². The van der Waals surface area contributed by atoms with Gasteiger partial charge in [0.15, 0.2) is 0 Å². The Bertz CT molecular complexity index is 1150. The molecule has 1 saturated heterocycles. The van der Waals surface area contributed by atoms with Gasteiger partial charge in [0.05, 0.1) is 17.4 Å². The Hall–Kier alpha value is -3.02. The van der Waals surface area contributed by atoms with Crippen molar-refractivity contribution >= 4 is 10.9 Å². The zero-order chi connectivity index (χ0) is 20.5. The predicted octanol–water partition coefficient (Wildman–Crippen LogP) is 4.62. The van der Waals surface area contributed by atoms with Gasteiger partial charge in [0.1, 0.15) is 5.82 Å². The lowest BCUT2D eigenvalue weighted by Gasteiger charge is -2.34. The smallest absolute Gasteiger partial charge is 0.123 e. The number of fused-ring (bicyclic) bond motifs is 1. The average molecular weight is 401 g/mol. The van der Waals surface area contributed by atoms with Crippen molar-refractivity contribution in [1.82, 2.24) is 20.0 Å². The van der Waals surface area contributed by atoms with E-state index in [1.54, 1.807) is 12.1 Å². The zero-order valence-corrected chi connectivity index (χ0v) is 17.1.